The summed E-state index contributed by atoms with van der Waals surface area (Å²) in [5.74, 6) is 0.198. The van der Waals surface area contributed by atoms with Crippen LogP contribution in [0.2, 0.25) is 0 Å². The van der Waals surface area contributed by atoms with Gasteiger partial charge in [-0.25, -0.2) is 0 Å². The summed E-state index contributed by atoms with van der Waals surface area (Å²) in [6.07, 6.45) is 0. The molecule has 0 aliphatic carbocycles. The first kappa shape index (κ1) is 14.3. The number of hydrogen-bond acceptors (Lipinski definition) is 3. The van der Waals surface area contributed by atoms with Crippen LogP contribution in [0.15, 0.2) is 36.4 Å². The van der Waals surface area contributed by atoms with Crippen LogP contribution in [0.25, 0.3) is 10.8 Å². The maximum Gasteiger partial charge on any atom is 0.236 e. The minimum absolute atomic E-state index is 0.0721. The summed E-state index contributed by atoms with van der Waals surface area (Å²) in [4.78, 5) is 11.5. The van der Waals surface area contributed by atoms with Crippen molar-refractivity contribution in [3.05, 3.63) is 42.0 Å². The van der Waals surface area contributed by atoms with Crippen LogP contribution >= 0.6 is 0 Å². The fourth-order valence-corrected chi connectivity index (χ4v) is 2.38. The number of fused-ring (bicyclic) bond motifs is 1. The Balaban J connectivity index is 2.28. The van der Waals surface area contributed by atoms with Gasteiger partial charge in [-0.3, -0.25) is 10.1 Å². The van der Waals surface area contributed by atoms with Crippen molar-refractivity contribution < 1.29 is 9.90 Å². The van der Waals surface area contributed by atoms with Gasteiger partial charge in [-0.1, -0.05) is 36.4 Å². The Morgan fingerprint density at radius 2 is 1.85 bits per heavy atom. The van der Waals surface area contributed by atoms with E-state index in [4.69, 9.17) is 0 Å². The minimum atomic E-state index is -0.319. The number of benzene rings is 2. The Morgan fingerprint density at radius 3 is 2.55 bits per heavy atom. The minimum Gasteiger partial charge on any atom is -0.507 e. The third kappa shape index (κ3) is 2.75. The molecule has 0 spiro atoms. The predicted molar refractivity (Wildman–Crippen MR) is 80.7 cm³/mol. The highest BCUT2D eigenvalue weighted by Gasteiger charge is 2.18. The summed E-state index contributed by atoms with van der Waals surface area (Å²) in [6, 6.07) is 11.1. The lowest BCUT2D eigenvalue weighted by Gasteiger charge is -2.20. The molecule has 0 saturated carbocycles. The second kappa shape index (κ2) is 5.92. The smallest absolute Gasteiger partial charge is 0.236 e. The van der Waals surface area contributed by atoms with Gasteiger partial charge in [-0.15, -0.1) is 0 Å². The molecule has 2 aromatic rings. The lowest BCUT2D eigenvalue weighted by atomic mass is 10.0. The Morgan fingerprint density at radius 1 is 1.15 bits per heavy atom. The molecule has 0 bridgehead atoms. The zero-order valence-corrected chi connectivity index (χ0v) is 12.0. The van der Waals surface area contributed by atoms with Gasteiger partial charge in [0.1, 0.15) is 5.75 Å². The average Bonchev–Trinajstić information content (AvgIpc) is 2.46. The number of aromatic hydroxyl groups is 1. The molecule has 0 saturated heterocycles. The first-order chi connectivity index (χ1) is 9.54. The molecule has 106 valence electrons. The topological polar surface area (TPSA) is 61.4 Å². The fraction of sp³-hybridized carbons (Fsp3) is 0.312. The molecule has 0 heterocycles. The van der Waals surface area contributed by atoms with Crippen molar-refractivity contribution in [3.63, 3.8) is 0 Å². The van der Waals surface area contributed by atoms with E-state index >= 15 is 0 Å². The monoisotopic (exact) mass is 272 g/mol. The van der Waals surface area contributed by atoms with Crippen molar-refractivity contribution in [1.82, 2.24) is 10.6 Å². The summed E-state index contributed by atoms with van der Waals surface area (Å²) in [7, 11) is 1.61. The van der Waals surface area contributed by atoms with Crippen molar-refractivity contribution in [3.8, 4) is 5.75 Å². The van der Waals surface area contributed by atoms with Gasteiger partial charge in [0.2, 0.25) is 5.91 Å². The van der Waals surface area contributed by atoms with Gasteiger partial charge in [0.25, 0.3) is 0 Å². The number of likely N-dealkylation sites (N-methyl/N-ethyl adjacent to an activating group) is 1. The molecular formula is C16H20N2O2. The van der Waals surface area contributed by atoms with Crippen molar-refractivity contribution >= 4 is 16.7 Å². The van der Waals surface area contributed by atoms with Crippen molar-refractivity contribution in [2.24, 2.45) is 0 Å². The van der Waals surface area contributed by atoms with Gasteiger partial charge in [0.15, 0.2) is 0 Å². The third-order valence-corrected chi connectivity index (χ3v) is 3.54. The fourth-order valence-electron chi connectivity index (χ4n) is 2.38. The third-order valence-electron chi connectivity index (χ3n) is 3.54. The zero-order chi connectivity index (χ0) is 14.7. The maximum atomic E-state index is 11.5. The summed E-state index contributed by atoms with van der Waals surface area (Å²) in [5, 5.41) is 18.0. The van der Waals surface area contributed by atoms with E-state index in [0.29, 0.717) is 0 Å². The molecule has 3 N–H and O–H groups in total. The Bertz CT molecular complexity index is 625. The number of amides is 1. The molecule has 4 heteroatoms. The van der Waals surface area contributed by atoms with E-state index < -0.39 is 0 Å². The first-order valence-corrected chi connectivity index (χ1v) is 6.73. The highest BCUT2D eigenvalue weighted by atomic mass is 16.3. The van der Waals surface area contributed by atoms with Gasteiger partial charge in [0, 0.05) is 24.0 Å². The number of hydrogen-bond donors (Lipinski definition) is 3. The molecule has 0 radical (unpaired) electrons. The molecule has 0 aromatic heterocycles. The van der Waals surface area contributed by atoms with Gasteiger partial charge in [-0.2, -0.15) is 0 Å². The second-order valence-electron chi connectivity index (χ2n) is 4.95. The number of carbonyl (C=O) groups excluding carboxylic acids is 1. The number of rotatable bonds is 4. The van der Waals surface area contributed by atoms with E-state index in [9.17, 15) is 9.90 Å². The maximum absolute atomic E-state index is 11.5. The van der Waals surface area contributed by atoms with Crippen LogP contribution in [0.3, 0.4) is 0 Å². The van der Waals surface area contributed by atoms with E-state index in [1.165, 1.54) is 0 Å². The van der Waals surface area contributed by atoms with E-state index in [1.807, 2.05) is 43.3 Å². The van der Waals surface area contributed by atoms with E-state index in [2.05, 4.69) is 10.6 Å². The predicted octanol–water partition coefficient (Wildman–Crippen LogP) is 2.33. The van der Waals surface area contributed by atoms with Crippen molar-refractivity contribution in [2.75, 3.05) is 7.05 Å². The number of phenolic OH excluding ortho intramolecular Hbond substituents is 1. The van der Waals surface area contributed by atoms with Gasteiger partial charge in [-0.05, 0) is 19.2 Å². The molecule has 2 atom stereocenters. The summed E-state index contributed by atoms with van der Waals surface area (Å²) in [5.41, 5.74) is 0.791. The van der Waals surface area contributed by atoms with E-state index in [1.54, 1.807) is 14.0 Å². The molecule has 0 aliphatic heterocycles. The Labute approximate surface area is 118 Å². The standard InChI is InChI=1S/C16H20N2O2/c1-10(18-11(2)16(20)17-3)13-9-8-12-6-4-5-7-14(12)15(13)19/h4-11,18-19H,1-3H3,(H,17,20). The van der Waals surface area contributed by atoms with E-state index in [0.717, 1.165) is 16.3 Å². The largest absolute Gasteiger partial charge is 0.507 e. The zero-order valence-electron chi connectivity index (χ0n) is 12.0. The number of carbonyl (C=O) groups is 1. The van der Waals surface area contributed by atoms with Gasteiger partial charge < -0.3 is 10.4 Å². The summed E-state index contributed by atoms with van der Waals surface area (Å²) >= 11 is 0. The number of phenols is 1. The highest BCUT2D eigenvalue weighted by Crippen LogP contribution is 2.32. The highest BCUT2D eigenvalue weighted by molar-refractivity contribution is 5.89. The van der Waals surface area contributed by atoms with Crippen molar-refractivity contribution in [2.45, 2.75) is 25.9 Å². The van der Waals surface area contributed by atoms with Crippen LogP contribution in [-0.4, -0.2) is 24.1 Å². The normalized spacial score (nSPS) is 13.9. The number of nitrogens with one attached hydrogen (secondary N) is 2. The van der Waals surface area contributed by atoms with Crippen LogP contribution in [0, 0.1) is 0 Å². The van der Waals surface area contributed by atoms with E-state index in [-0.39, 0.29) is 23.7 Å². The molecule has 1 amide bonds. The molecular weight excluding hydrogens is 252 g/mol. The molecule has 0 aliphatic rings. The molecule has 4 nitrogen and oxygen atoms in total. The first-order valence-electron chi connectivity index (χ1n) is 6.73. The molecule has 20 heavy (non-hydrogen) atoms. The van der Waals surface area contributed by atoms with Crippen molar-refractivity contribution in [1.29, 1.82) is 0 Å². The van der Waals surface area contributed by atoms with Gasteiger partial charge in [0.05, 0.1) is 6.04 Å². The summed E-state index contributed by atoms with van der Waals surface area (Å²) in [6.45, 7) is 3.73. The Hall–Kier alpha value is -2.07. The molecule has 2 unspecified atom stereocenters. The van der Waals surface area contributed by atoms with Crippen LogP contribution in [0.5, 0.6) is 5.75 Å². The molecule has 2 rings (SSSR count). The van der Waals surface area contributed by atoms with Crippen LogP contribution in [-0.2, 0) is 4.79 Å². The SMILES string of the molecule is CNC(=O)C(C)NC(C)c1ccc2ccccc2c1O. The Kier molecular flexibility index (Phi) is 4.25. The lowest BCUT2D eigenvalue weighted by molar-refractivity contribution is -0.122. The lowest BCUT2D eigenvalue weighted by Crippen LogP contribution is -2.41. The quantitative estimate of drug-likeness (QED) is 0.800. The second-order valence-corrected chi connectivity index (χ2v) is 4.95. The van der Waals surface area contributed by atoms with Gasteiger partial charge >= 0.3 is 0 Å². The molecule has 0 fully saturated rings. The van der Waals surface area contributed by atoms with Crippen LogP contribution in [0.1, 0.15) is 25.5 Å². The van der Waals surface area contributed by atoms with Crippen LogP contribution in [0.4, 0.5) is 0 Å². The summed E-state index contributed by atoms with van der Waals surface area (Å²) < 4.78 is 0. The average molecular weight is 272 g/mol. The van der Waals surface area contributed by atoms with Crippen LogP contribution < -0.4 is 10.6 Å². The molecule has 2 aromatic carbocycles.